The van der Waals surface area contributed by atoms with Gasteiger partial charge in [-0.3, -0.25) is 4.68 Å². The lowest BCUT2D eigenvalue weighted by Gasteiger charge is -2.06. The minimum Gasteiger partial charge on any atom is -0.478 e. The third kappa shape index (κ3) is 2.62. The van der Waals surface area contributed by atoms with Crippen LogP contribution in [0.1, 0.15) is 16.1 Å². The zero-order valence-corrected chi connectivity index (χ0v) is 9.59. The van der Waals surface area contributed by atoms with Crippen molar-refractivity contribution in [1.82, 2.24) is 14.8 Å². The van der Waals surface area contributed by atoms with E-state index >= 15 is 0 Å². The van der Waals surface area contributed by atoms with E-state index in [-0.39, 0.29) is 11.4 Å². The Labute approximate surface area is 102 Å². The van der Waals surface area contributed by atoms with Crippen molar-refractivity contribution in [2.24, 2.45) is 7.05 Å². The summed E-state index contributed by atoms with van der Waals surface area (Å²) in [6.45, 7) is 0.319. The highest BCUT2D eigenvalue weighted by Gasteiger charge is 2.12. The van der Waals surface area contributed by atoms with Crippen molar-refractivity contribution < 1.29 is 14.3 Å². The van der Waals surface area contributed by atoms with Crippen molar-refractivity contribution in [3.8, 4) is 0 Å². The number of aromatic carboxylic acids is 1. The van der Waals surface area contributed by atoms with E-state index in [2.05, 4.69) is 15.4 Å². The summed E-state index contributed by atoms with van der Waals surface area (Å²) in [6, 6.07) is 2.72. The lowest BCUT2D eigenvalue weighted by molar-refractivity contribution is 0.0697. The number of carboxylic acids is 1. The lowest BCUT2D eigenvalue weighted by atomic mass is 10.2. The van der Waals surface area contributed by atoms with Crippen LogP contribution < -0.4 is 5.32 Å². The normalized spacial score (nSPS) is 10.3. The Balaban J connectivity index is 2.16. The van der Waals surface area contributed by atoms with E-state index in [4.69, 9.17) is 5.11 Å². The van der Waals surface area contributed by atoms with E-state index in [1.165, 1.54) is 0 Å². The van der Waals surface area contributed by atoms with Crippen LogP contribution in [0.3, 0.4) is 0 Å². The summed E-state index contributed by atoms with van der Waals surface area (Å²) in [4.78, 5) is 14.6. The number of aromatic nitrogens is 3. The molecule has 0 saturated carbocycles. The van der Waals surface area contributed by atoms with Crippen LogP contribution in [0.25, 0.3) is 0 Å². The van der Waals surface area contributed by atoms with Crippen molar-refractivity contribution in [3.05, 3.63) is 41.6 Å². The molecule has 0 aromatic carbocycles. The molecule has 2 aromatic heterocycles. The van der Waals surface area contributed by atoms with Gasteiger partial charge in [-0.25, -0.2) is 14.2 Å². The molecule has 18 heavy (non-hydrogen) atoms. The average Bonchev–Trinajstić information content (AvgIpc) is 2.73. The largest absolute Gasteiger partial charge is 0.478 e. The molecular weight excluding hydrogens is 239 g/mol. The second-order valence-electron chi connectivity index (χ2n) is 3.69. The first-order valence-electron chi connectivity index (χ1n) is 5.17. The highest BCUT2D eigenvalue weighted by Crippen LogP contribution is 2.14. The first kappa shape index (κ1) is 12.0. The summed E-state index contributed by atoms with van der Waals surface area (Å²) >= 11 is 0. The van der Waals surface area contributed by atoms with Gasteiger partial charge in [-0.15, -0.1) is 0 Å². The van der Waals surface area contributed by atoms with Crippen LogP contribution in [-0.2, 0) is 13.6 Å². The fourth-order valence-electron chi connectivity index (χ4n) is 1.47. The molecule has 0 aliphatic rings. The molecule has 0 fully saturated rings. The molecule has 0 radical (unpaired) electrons. The maximum Gasteiger partial charge on any atom is 0.339 e. The van der Waals surface area contributed by atoms with Gasteiger partial charge in [-0.05, 0) is 12.1 Å². The predicted molar refractivity (Wildman–Crippen MR) is 61.7 cm³/mol. The summed E-state index contributed by atoms with van der Waals surface area (Å²) in [7, 11) is 1.78. The first-order chi connectivity index (χ1) is 8.56. The first-order valence-corrected chi connectivity index (χ1v) is 5.17. The van der Waals surface area contributed by atoms with Crippen molar-refractivity contribution in [2.75, 3.05) is 5.32 Å². The lowest BCUT2D eigenvalue weighted by Crippen LogP contribution is -2.09. The summed E-state index contributed by atoms with van der Waals surface area (Å²) in [6.07, 6.45) is 2.74. The number of pyridine rings is 1. The molecule has 7 heteroatoms. The Morgan fingerprint density at radius 2 is 2.39 bits per heavy atom. The maximum absolute atomic E-state index is 12.9. The Bertz CT molecular complexity index is 582. The summed E-state index contributed by atoms with van der Waals surface area (Å²) in [5.41, 5.74) is 0.533. The van der Waals surface area contributed by atoms with Gasteiger partial charge in [0.2, 0.25) is 0 Å². The van der Waals surface area contributed by atoms with Crippen LogP contribution >= 0.6 is 0 Å². The minimum absolute atomic E-state index is 0.120. The van der Waals surface area contributed by atoms with Gasteiger partial charge in [0, 0.05) is 13.2 Å². The number of carbonyl (C=O) groups is 1. The van der Waals surface area contributed by atoms with E-state index in [0.29, 0.717) is 6.54 Å². The van der Waals surface area contributed by atoms with E-state index in [9.17, 15) is 9.18 Å². The van der Waals surface area contributed by atoms with Gasteiger partial charge < -0.3 is 10.4 Å². The molecule has 2 heterocycles. The summed E-state index contributed by atoms with van der Waals surface area (Å²) < 4.78 is 14.5. The number of nitrogens with zero attached hydrogens (tertiary/aromatic N) is 3. The van der Waals surface area contributed by atoms with Crippen molar-refractivity contribution in [2.45, 2.75) is 6.54 Å². The van der Waals surface area contributed by atoms with E-state index in [0.717, 1.165) is 18.0 Å². The van der Waals surface area contributed by atoms with Gasteiger partial charge in [-0.1, -0.05) is 0 Å². The molecule has 0 bridgehead atoms. The van der Waals surface area contributed by atoms with Crippen LogP contribution in [0.4, 0.5) is 10.2 Å². The Morgan fingerprint density at radius 1 is 1.61 bits per heavy atom. The topological polar surface area (TPSA) is 80.0 Å². The zero-order valence-electron chi connectivity index (χ0n) is 9.59. The number of hydrogen-bond acceptors (Lipinski definition) is 4. The molecule has 94 valence electrons. The molecule has 2 N–H and O–H groups in total. The second-order valence-corrected chi connectivity index (χ2v) is 3.69. The third-order valence-electron chi connectivity index (χ3n) is 2.29. The fourth-order valence-corrected chi connectivity index (χ4v) is 1.47. The van der Waals surface area contributed by atoms with Gasteiger partial charge in [0.1, 0.15) is 17.2 Å². The number of anilines is 1. The second kappa shape index (κ2) is 4.82. The number of nitrogens with one attached hydrogen (secondary N) is 1. The smallest absolute Gasteiger partial charge is 0.339 e. The number of hydrogen-bond donors (Lipinski definition) is 2. The highest BCUT2D eigenvalue weighted by molar-refractivity contribution is 5.93. The highest BCUT2D eigenvalue weighted by atomic mass is 19.1. The molecule has 0 unspecified atom stereocenters. The number of halogens is 1. The number of aryl methyl sites for hydroxylation is 1. The number of rotatable bonds is 4. The Hall–Kier alpha value is -2.44. The van der Waals surface area contributed by atoms with Gasteiger partial charge >= 0.3 is 5.97 Å². The summed E-state index contributed by atoms with van der Waals surface area (Å²) in [5.74, 6) is -1.80. The molecule has 0 aliphatic heterocycles. The Kier molecular flexibility index (Phi) is 3.22. The quantitative estimate of drug-likeness (QED) is 0.854. The number of carboxylic acid groups (broad SMARTS) is 1. The molecule has 0 aliphatic carbocycles. The van der Waals surface area contributed by atoms with Crippen LogP contribution in [-0.4, -0.2) is 25.8 Å². The van der Waals surface area contributed by atoms with Crippen LogP contribution in [0, 0.1) is 5.82 Å². The van der Waals surface area contributed by atoms with E-state index in [1.54, 1.807) is 24.0 Å². The molecule has 0 spiro atoms. The van der Waals surface area contributed by atoms with Gasteiger partial charge in [0.15, 0.2) is 0 Å². The molecule has 2 aromatic rings. The van der Waals surface area contributed by atoms with E-state index in [1.807, 2.05) is 0 Å². The third-order valence-corrected chi connectivity index (χ3v) is 2.29. The molecule has 2 rings (SSSR count). The summed E-state index contributed by atoms with van der Waals surface area (Å²) in [5, 5.41) is 15.9. The van der Waals surface area contributed by atoms with Gasteiger partial charge in [0.05, 0.1) is 18.4 Å². The van der Waals surface area contributed by atoms with Gasteiger partial charge in [0.25, 0.3) is 0 Å². The molecule has 0 atom stereocenters. The van der Waals surface area contributed by atoms with Crippen LogP contribution in [0.5, 0.6) is 0 Å². The van der Waals surface area contributed by atoms with Crippen molar-refractivity contribution in [3.63, 3.8) is 0 Å². The van der Waals surface area contributed by atoms with Crippen molar-refractivity contribution >= 4 is 11.8 Å². The van der Waals surface area contributed by atoms with Crippen molar-refractivity contribution in [1.29, 1.82) is 0 Å². The van der Waals surface area contributed by atoms with Crippen LogP contribution in [0.2, 0.25) is 0 Å². The van der Waals surface area contributed by atoms with Crippen LogP contribution in [0.15, 0.2) is 24.5 Å². The monoisotopic (exact) mass is 250 g/mol. The average molecular weight is 250 g/mol. The SMILES string of the molecule is Cn1ccc(CNc2ncc(F)cc2C(=O)O)n1. The molecule has 0 saturated heterocycles. The standard InChI is InChI=1S/C11H11FN4O2/c1-16-3-2-8(15-16)6-14-10-9(11(17)18)4-7(12)5-13-10/h2-5H,6H2,1H3,(H,13,14)(H,17,18). The Morgan fingerprint density at radius 3 is 3.00 bits per heavy atom. The molecule has 0 amide bonds. The van der Waals surface area contributed by atoms with E-state index < -0.39 is 11.8 Å². The maximum atomic E-state index is 12.9. The van der Waals surface area contributed by atoms with Gasteiger partial charge in [-0.2, -0.15) is 5.10 Å². The zero-order chi connectivity index (χ0) is 13.1. The minimum atomic E-state index is -1.23. The molecule has 6 nitrogen and oxygen atoms in total. The fraction of sp³-hybridized carbons (Fsp3) is 0.182. The molecular formula is C11H11FN4O2. The predicted octanol–water partition coefficient (Wildman–Crippen LogP) is 1.26.